The summed E-state index contributed by atoms with van der Waals surface area (Å²) in [5.74, 6) is 1.67. The Labute approximate surface area is 167 Å². The summed E-state index contributed by atoms with van der Waals surface area (Å²) in [4.78, 5) is 13.2. The highest BCUT2D eigenvalue weighted by atomic mass is 15.2. The first kappa shape index (κ1) is 18.8. The molecule has 3 N–H and O–H groups in total. The van der Waals surface area contributed by atoms with Gasteiger partial charge in [-0.05, 0) is 56.0 Å². The molecule has 1 spiro atoms. The van der Waals surface area contributed by atoms with Crippen molar-refractivity contribution in [1.29, 1.82) is 0 Å². The van der Waals surface area contributed by atoms with Crippen molar-refractivity contribution in [3.63, 3.8) is 0 Å². The fourth-order valence-electron chi connectivity index (χ4n) is 4.36. The molecule has 2 aromatic rings. The molecule has 7 heteroatoms. The molecule has 1 aromatic heterocycles. The lowest BCUT2D eigenvalue weighted by atomic mass is 9.78. The molecule has 0 amide bonds. The first-order valence-corrected chi connectivity index (χ1v) is 10.1. The van der Waals surface area contributed by atoms with Gasteiger partial charge in [0, 0.05) is 46.0 Å². The third-order valence-electron chi connectivity index (χ3n) is 6.11. The van der Waals surface area contributed by atoms with Crippen LogP contribution in [0.5, 0.6) is 0 Å². The highest BCUT2D eigenvalue weighted by molar-refractivity contribution is 5.77. The van der Waals surface area contributed by atoms with E-state index in [9.17, 15) is 0 Å². The predicted molar refractivity (Wildman–Crippen MR) is 117 cm³/mol. The second-order valence-corrected chi connectivity index (χ2v) is 8.18. The first-order chi connectivity index (χ1) is 13.6. The zero-order valence-corrected chi connectivity index (χ0v) is 17.1. The van der Waals surface area contributed by atoms with E-state index in [1.165, 1.54) is 31.5 Å². The molecule has 2 aliphatic heterocycles. The third kappa shape index (κ3) is 3.85. The summed E-state index contributed by atoms with van der Waals surface area (Å²) >= 11 is 0. The Morgan fingerprint density at radius 1 is 1.07 bits per heavy atom. The molecule has 0 unspecified atom stereocenters. The lowest BCUT2D eigenvalue weighted by Crippen LogP contribution is -2.38. The molecule has 150 valence electrons. The van der Waals surface area contributed by atoms with Crippen LogP contribution in [-0.4, -0.2) is 57.3 Å². The normalized spacial score (nSPS) is 18.3. The van der Waals surface area contributed by atoms with E-state index in [0.717, 1.165) is 42.6 Å². The number of aromatic nitrogens is 2. The largest absolute Gasteiger partial charge is 0.386 e. The lowest BCUT2D eigenvalue weighted by molar-refractivity contribution is 0.232. The lowest BCUT2D eigenvalue weighted by Gasteiger charge is -2.34. The highest BCUT2D eigenvalue weighted by Crippen LogP contribution is 2.41. The molecule has 0 atom stereocenters. The van der Waals surface area contributed by atoms with Crippen LogP contribution in [0.3, 0.4) is 0 Å². The fraction of sp³-hybridized carbons (Fsp3) is 0.524. The Morgan fingerprint density at radius 3 is 2.64 bits per heavy atom. The number of nitrogens with one attached hydrogen (secondary N) is 3. The van der Waals surface area contributed by atoms with E-state index in [4.69, 9.17) is 0 Å². The number of benzene rings is 1. The predicted octanol–water partition coefficient (Wildman–Crippen LogP) is 2.91. The molecule has 3 heterocycles. The Kier molecular flexibility index (Phi) is 5.26. The van der Waals surface area contributed by atoms with Gasteiger partial charge in [-0.1, -0.05) is 0 Å². The van der Waals surface area contributed by atoms with Gasteiger partial charge in [0.25, 0.3) is 0 Å². The van der Waals surface area contributed by atoms with E-state index in [0.29, 0.717) is 5.41 Å². The van der Waals surface area contributed by atoms with Crippen molar-refractivity contribution in [2.24, 2.45) is 5.41 Å². The Balaban J connectivity index is 1.51. The van der Waals surface area contributed by atoms with Crippen LogP contribution >= 0.6 is 0 Å². The average Bonchev–Trinajstić information content (AvgIpc) is 3.12. The Hall–Kier alpha value is -2.54. The molecule has 2 aliphatic rings. The van der Waals surface area contributed by atoms with E-state index in [1.54, 1.807) is 6.33 Å². The summed E-state index contributed by atoms with van der Waals surface area (Å²) in [6, 6.07) is 8.56. The van der Waals surface area contributed by atoms with E-state index >= 15 is 0 Å². The van der Waals surface area contributed by atoms with Gasteiger partial charge in [-0.15, -0.1) is 0 Å². The second kappa shape index (κ2) is 7.83. The standard InChI is InChI=1S/C21H31N7/c1-22-18-12-16(28-11-8-21(14-28)6-9-23-10-7-21)4-5-17(18)26-19-13-20(27(2)3)25-15-24-19/h4-5,12-13,15,22-23H,6-11,14H2,1-3H3,(H,24,25,26). The van der Waals surface area contributed by atoms with Gasteiger partial charge in [0.15, 0.2) is 0 Å². The summed E-state index contributed by atoms with van der Waals surface area (Å²) in [6.45, 7) is 4.63. The van der Waals surface area contributed by atoms with Gasteiger partial charge >= 0.3 is 0 Å². The summed E-state index contributed by atoms with van der Waals surface area (Å²) in [6.07, 6.45) is 5.49. The average molecular weight is 382 g/mol. The summed E-state index contributed by atoms with van der Waals surface area (Å²) in [5, 5.41) is 10.3. The van der Waals surface area contributed by atoms with Crippen LogP contribution in [0.25, 0.3) is 0 Å². The molecule has 0 bridgehead atoms. The van der Waals surface area contributed by atoms with Crippen molar-refractivity contribution in [3.05, 3.63) is 30.6 Å². The monoisotopic (exact) mass is 381 g/mol. The van der Waals surface area contributed by atoms with Crippen molar-refractivity contribution in [1.82, 2.24) is 15.3 Å². The smallest absolute Gasteiger partial charge is 0.135 e. The van der Waals surface area contributed by atoms with Crippen LogP contribution in [0.2, 0.25) is 0 Å². The molecular formula is C21H31N7. The number of nitrogens with zero attached hydrogens (tertiary/aromatic N) is 4. The minimum absolute atomic E-state index is 0.505. The van der Waals surface area contributed by atoms with Gasteiger partial charge in [0.1, 0.15) is 18.0 Å². The zero-order valence-electron chi connectivity index (χ0n) is 17.1. The van der Waals surface area contributed by atoms with E-state index in [2.05, 4.69) is 49.0 Å². The quantitative estimate of drug-likeness (QED) is 0.736. The highest BCUT2D eigenvalue weighted by Gasteiger charge is 2.38. The van der Waals surface area contributed by atoms with E-state index in [1.807, 2.05) is 32.1 Å². The maximum absolute atomic E-state index is 4.36. The topological polar surface area (TPSA) is 68.3 Å². The van der Waals surface area contributed by atoms with Gasteiger partial charge in [-0.3, -0.25) is 0 Å². The van der Waals surface area contributed by atoms with Crippen LogP contribution in [-0.2, 0) is 0 Å². The number of hydrogen-bond donors (Lipinski definition) is 3. The van der Waals surface area contributed by atoms with Crippen molar-refractivity contribution >= 4 is 28.7 Å². The summed E-state index contributed by atoms with van der Waals surface area (Å²) < 4.78 is 0. The number of hydrogen-bond acceptors (Lipinski definition) is 7. The molecule has 2 fully saturated rings. The van der Waals surface area contributed by atoms with Crippen LogP contribution in [0.15, 0.2) is 30.6 Å². The number of piperidine rings is 1. The minimum Gasteiger partial charge on any atom is -0.386 e. The Morgan fingerprint density at radius 2 is 1.89 bits per heavy atom. The maximum atomic E-state index is 4.36. The van der Waals surface area contributed by atoms with E-state index < -0.39 is 0 Å². The molecule has 7 nitrogen and oxygen atoms in total. The van der Waals surface area contributed by atoms with Crippen LogP contribution < -0.4 is 25.8 Å². The molecule has 0 saturated carbocycles. The molecule has 4 rings (SSSR count). The SMILES string of the molecule is CNc1cc(N2CCC3(CCNCC3)C2)ccc1Nc1cc(N(C)C)ncn1. The third-order valence-corrected chi connectivity index (χ3v) is 6.11. The number of rotatable bonds is 5. The fourth-order valence-corrected chi connectivity index (χ4v) is 4.36. The van der Waals surface area contributed by atoms with Gasteiger partial charge in [0.05, 0.1) is 11.4 Å². The first-order valence-electron chi connectivity index (χ1n) is 10.1. The van der Waals surface area contributed by atoms with Crippen molar-refractivity contribution in [3.8, 4) is 0 Å². The van der Waals surface area contributed by atoms with Crippen molar-refractivity contribution < 1.29 is 0 Å². The molecule has 28 heavy (non-hydrogen) atoms. The molecular weight excluding hydrogens is 350 g/mol. The maximum Gasteiger partial charge on any atom is 0.135 e. The zero-order chi connectivity index (χ0) is 19.6. The van der Waals surface area contributed by atoms with E-state index in [-0.39, 0.29) is 0 Å². The Bertz CT molecular complexity index is 814. The van der Waals surface area contributed by atoms with Gasteiger partial charge in [-0.25, -0.2) is 9.97 Å². The van der Waals surface area contributed by atoms with Gasteiger partial charge < -0.3 is 25.8 Å². The van der Waals surface area contributed by atoms with Gasteiger partial charge in [-0.2, -0.15) is 0 Å². The van der Waals surface area contributed by atoms with Crippen LogP contribution in [0, 0.1) is 5.41 Å². The van der Waals surface area contributed by atoms with Gasteiger partial charge in [0.2, 0.25) is 0 Å². The minimum atomic E-state index is 0.505. The van der Waals surface area contributed by atoms with Crippen molar-refractivity contribution in [2.45, 2.75) is 19.3 Å². The van der Waals surface area contributed by atoms with Crippen LogP contribution in [0.1, 0.15) is 19.3 Å². The molecule has 0 aliphatic carbocycles. The summed E-state index contributed by atoms with van der Waals surface area (Å²) in [5.41, 5.74) is 3.90. The summed E-state index contributed by atoms with van der Waals surface area (Å²) in [7, 11) is 5.92. The number of anilines is 5. The molecule has 2 saturated heterocycles. The molecule has 0 radical (unpaired) electrons. The molecule has 1 aromatic carbocycles. The van der Waals surface area contributed by atoms with Crippen LogP contribution in [0.4, 0.5) is 28.7 Å². The van der Waals surface area contributed by atoms with Crippen molar-refractivity contribution in [2.75, 3.05) is 67.8 Å². The second-order valence-electron chi connectivity index (χ2n) is 8.18.